The van der Waals surface area contributed by atoms with E-state index in [0.717, 1.165) is 0 Å². The highest BCUT2D eigenvalue weighted by molar-refractivity contribution is 5.79. The maximum absolute atomic E-state index is 12.9. The fourth-order valence-electron chi connectivity index (χ4n) is 1.95. The van der Waals surface area contributed by atoms with Crippen LogP contribution in [0.1, 0.15) is 11.7 Å². The van der Waals surface area contributed by atoms with Gasteiger partial charge in [-0.1, -0.05) is 29.4 Å². The first-order valence-electron chi connectivity index (χ1n) is 6.57. The van der Waals surface area contributed by atoms with Crippen LogP contribution in [0.2, 0.25) is 0 Å². The Morgan fingerprint density at radius 2 is 2.00 bits per heavy atom. The Balaban J connectivity index is 2.12. The normalized spacial score (nSPS) is 13.8. The summed E-state index contributed by atoms with van der Waals surface area (Å²) in [4.78, 5) is 10.9. The van der Waals surface area contributed by atoms with Gasteiger partial charge >= 0.3 is 6.43 Å². The molecule has 0 aliphatic rings. The van der Waals surface area contributed by atoms with Crippen molar-refractivity contribution in [3.8, 4) is 11.3 Å². The van der Waals surface area contributed by atoms with E-state index in [9.17, 15) is 23.1 Å². The SMILES string of the molecule is Nc1cc(-c2ccc([C@@H](O)[C@@H](CF)NC(=O)C(F)F)cc2)on1. The summed E-state index contributed by atoms with van der Waals surface area (Å²) in [7, 11) is 0. The van der Waals surface area contributed by atoms with Gasteiger partial charge in [-0.2, -0.15) is 8.78 Å². The van der Waals surface area contributed by atoms with Gasteiger partial charge < -0.3 is 20.7 Å². The van der Waals surface area contributed by atoms with Gasteiger partial charge in [0.15, 0.2) is 11.6 Å². The summed E-state index contributed by atoms with van der Waals surface area (Å²) in [6.45, 7) is -1.19. The summed E-state index contributed by atoms with van der Waals surface area (Å²) in [5.41, 5.74) is 6.29. The molecule has 0 aliphatic heterocycles. The molecule has 2 aromatic rings. The fraction of sp³-hybridized carbons (Fsp3) is 0.286. The molecule has 0 saturated heterocycles. The molecule has 0 radical (unpaired) electrons. The number of aromatic nitrogens is 1. The van der Waals surface area contributed by atoms with Gasteiger partial charge in [-0.15, -0.1) is 0 Å². The van der Waals surface area contributed by atoms with Crippen molar-refractivity contribution in [1.29, 1.82) is 0 Å². The van der Waals surface area contributed by atoms with Crippen molar-refractivity contribution in [3.05, 3.63) is 35.9 Å². The second-order valence-electron chi connectivity index (χ2n) is 4.75. The van der Waals surface area contributed by atoms with E-state index in [1.165, 1.54) is 18.2 Å². The van der Waals surface area contributed by atoms with E-state index in [1.807, 2.05) is 0 Å². The zero-order valence-corrected chi connectivity index (χ0v) is 11.7. The molecule has 1 amide bonds. The zero-order chi connectivity index (χ0) is 17.0. The first-order chi connectivity index (χ1) is 10.9. The van der Waals surface area contributed by atoms with Crippen molar-refractivity contribution in [2.75, 3.05) is 12.4 Å². The number of nitrogen functional groups attached to an aromatic ring is 1. The molecular weight excluding hydrogens is 315 g/mol. The number of aliphatic hydroxyl groups excluding tert-OH is 1. The predicted molar refractivity (Wildman–Crippen MR) is 75.2 cm³/mol. The third kappa shape index (κ3) is 4.01. The second-order valence-corrected chi connectivity index (χ2v) is 4.75. The Bertz CT molecular complexity index is 661. The maximum Gasteiger partial charge on any atom is 0.315 e. The van der Waals surface area contributed by atoms with Crippen LogP contribution in [0.4, 0.5) is 19.0 Å². The number of alkyl halides is 3. The summed E-state index contributed by atoms with van der Waals surface area (Å²) in [5.74, 6) is -1.03. The van der Waals surface area contributed by atoms with Crippen molar-refractivity contribution in [3.63, 3.8) is 0 Å². The van der Waals surface area contributed by atoms with Gasteiger partial charge in [0.25, 0.3) is 5.91 Å². The van der Waals surface area contributed by atoms with E-state index < -0.39 is 31.2 Å². The maximum atomic E-state index is 12.9. The molecule has 0 unspecified atom stereocenters. The van der Waals surface area contributed by atoms with Crippen LogP contribution in [0.5, 0.6) is 0 Å². The third-order valence-electron chi connectivity index (χ3n) is 3.14. The van der Waals surface area contributed by atoms with Crippen molar-refractivity contribution in [1.82, 2.24) is 10.5 Å². The van der Waals surface area contributed by atoms with E-state index in [1.54, 1.807) is 17.4 Å². The van der Waals surface area contributed by atoms with E-state index in [2.05, 4.69) is 5.16 Å². The van der Waals surface area contributed by atoms with Crippen molar-refractivity contribution >= 4 is 11.7 Å². The molecular formula is C14H14F3N3O3. The van der Waals surface area contributed by atoms with E-state index in [4.69, 9.17) is 10.3 Å². The topological polar surface area (TPSA) is 101 Å². The third-order valence-corrected chi connectivity index (χ3v) is 3.14. The van der Waals surface area contributed by atoms with Gasteiger partial charge in [0.2, 0.25) is 0 Å². The van der Waals surface area contributed by atoms with Gasteiger partial charge in [0.1, 0.15) is 12.8 Å². The molecule has 1 heterocycles. The molecule has 9 heteroatoms. The molecule has 2 rings (SSSR count). The zero-order valence-electron chi connectivity index (χ0n) is 11.7. The quantitative estimate of drug-likeness (QED) is 0.748. The number of carbonyl (C=O) groups is 1. The number of hydrogen-bond donors (Lipinski definition) is 3. The van der Waals surface area contributed by atoms with Gasteiger partial charge in [0.05, 0.1) is 6.04 Å². The Labute approximate surface area is 129 Å². The predicted octanol–water partition coefficient (Wildman–Crippen LogP) is 1.68. The lowest BCUT2D eigenvalue weighted by atomic mass is 10.0. The highest BCUT2D eigenvalue weighted by atomic mass is 19.3. The number of hydrogen-bond acceptors (Lipinski definition) is 5. The Morgan fingerprint density at radius 3 is 2.48 bits per heavy atom. The minimum atomic E-state index is -3.28. The number of nitrogens with two attached hydrogens (primary N) is 1. The number of carbonyl (C=O) groups excluding carboxylic acids is 1. The number of rotatable bonds is 6. The summed E-state index contributed by atoms with van der Waals surface area (Å²) in [5, 5.41) is 15.3. The first-order valence-corrected chi connectivity index (χ1v) is 6.57. The van der Waals surface area contributed by atoms with E-state index in [0.29, 0.717) is 11.3 Å². The molecule has 0 saturated carbocycles. The average molecular weight is 329 g/mol. The highest BCUT2D eigenvalue weighted by Gasteiger charge is 2.26. The molecule has 1 aromatic carbocycles. The van der Waals surface area contributed by atoms with Gasteiger partial charge in [-0.3, -0.25) is 4.79 Å². The van der Waals surface area contributed by atoms with Crippen molar-refractivity contribution in [2.24, 2.45) is 0 Å². The Morgan fingerprint density at radius 1 is 1.35 bits per heavy atom. The minimum absolute atomic E-state index is 0.205. The van der Waals surface area contributed by atoms with Crippen LogP contribution in [-0.2, 0) is 4.79 Å². The van der Waals surface area contributed by atoms with Crippen LogP contribution < -0.4 is 11.1 Å². The van der Waals surface area contributed by atoms with Crippen LogP contribution in [-0.4, -0.2) is 35.3 Å². The van der Waals surface area contributed by atoms with Crippen LogP contribution in [0.25, 0.3) is 11.3 Å². The first kappa shape index (κ1) is 16.8. The number of nitrogens with zero attached hydrogens (tertiary/aromatic N) is 1. The van der Waals surface area contributed by atoms with Crippen molar-refractivity contribution < 1.29 is 27.6 Å². The number of amides is 1. The smallest absolute Gasteiger partial charge is 0.315 e. The average Bonchev–Trinajstić information content (AvgIpc) is 2.98. The van der Waals surface area contributed by atoms with Gasteiger partial charge in [0, 0.05) is 11.6 Å². The van der Waals surface area contributed by atoms with Crippen LogP contribution in [0.3, 0.4) is 0 Å². The molecule has 6 nitrogen and oxygen atoms in total. The molecule has 124 valence electrons. The summed E-state index contributed by atoms with van der Waals surface area (Å²) in [6.07, 6.45) is -4.76. The van der Waals surface area contributed by atoms with Gasteiger partial charge in [-0.05, 0) is 5.56 Å². The molecule has 4 N–H and O–H groups in total. The largest absolute Gasteiger partial charge is 0.386 e. The number of nitrogens with one attached hydrogen (secondary N) is 1. The number of anilines is 1. The Hall–Kier alpha value is -2.55. The summed E-state index contributed by atoms with van der Waals surface area (Å²) >= 11 is 0. The highest BCUT2D eigenvalue weighted by Crippen LogP contribution is 2.24. The van der Waals surface area contributed by atoms with Crippen molar-refractivity contribution in [2.45, 2.75) is 18.6 Å². The molecule has 2 atom stereocenters. The lowest BCUT2D eigenvalue weighted by molar-refractivity contribution is -0.133. The Kier molecular flexibility index (Phi) is 5.22. The fourth-order valence-corrected chi connectivity index (χ4v) is 1.95. The molecule has 23 heavy (non-hydrogen) atoms. The van der Waals surface area contributed by atoms with E-state index in [-0.39, 0.29) is 11.4 Å². The standard InChI is InChI=1S/C14H14F3N3O3/c15-6-9(19-14(22)13(16)17)12(21)8-3-1-7(2-4-8)10-5-11(18)20-23-10/h1-5,9,12-13,21H,6H2,(H2,18,20)(H,19,22)/t9-,12-/m1/s1. The van der Waals surface area contributed by atoms with Crippen LogP contribution in [0, 0.1) is 0 Å². The number of halogens is 3. The summed E-state index contributed by atoms with van der Waals surface area (Å²) in [6, 6.07) is 6.05. The lowest BCUT2D eigenvalue weighted by Gasteiger charge is -2.21. The summed E-state index contributed by atoms with van der Waals surface area (Å²) < 4.78 is 42.2. The van der Waals surface area contributed by atoms with Crippen LogP contribution in [0.15, 0.2) is 34.9 Å². The second kappa shape index (κ2) is 7.14. The van der Waals surface area contributed by atoms with Gasteiger partial charge in [-0.25, -0.2) is 4.39 Å². The molecule has 0 fully saturated rings. The molecule has 0 bridgehead atoms. The van der Waals surface area contributed by atoms with Crippen LogP contribution >= 0.6 is 0 Å². The molecule has 0 spiro atoms. The molecule has 0 aliphatic carbocycles. The lowest BCUT2D eigenvalue weighted by Crippen LogP contribution is -2.43. The number of benzene rings is 1. The molecule has 1 aromatic heterocycles. The monoisotopic (exact) mass is 329 g/mol. The minimum Gasteiger partial charge on any atom is -0.386 e. The number of aliphatic hydroxyl groups is 1. The van der Waals surface area contributed by atoms with E-state index >= 15 is 0 Å².